The second kappa shape index (κ2) is 15.7. The molecule has 4 aromatic carbocycles. The summed E-state index contributed by atoms with van der Waals surface area (Å²) in [5, 5.41) is 15.1. The number of carbonyl (C=O) groups is 1. The zero-order valence-electron chi connectivity index (χ0n) is 28.6. The number of aliphatic hydroxyl groups is 1. The standard InChI is InChI=1S/C28H22NOS.C13H24O2.Ir/c1-28(2,3)16-17-12-13-20-23(14-17)30-26-19-9-5-4-8-18(19)15-21(25(20)26)27-29-22-10-6-7-11-24(22)31-27;1-5-10(6-2)12(14)9-13(15)11(7-3)8-4;/h4-14H,16H2,1-3H3;9-11,14H,5-8H2,1-4H3;/q-1;;/b;12-9-;. The molecule has 0 saturated heterocycles. The first kappa shape index (κ1) is 36.5. The number of hydrogen-bond donors (Lipinski definition) is 1. The molecule has 249 valence electrons. The van der Waals surface area contributed by atoms with Gasteiger partial charge in [0.1, 0.15) is 5.58 Å². The van der Waals surface area contributed by atoms with Crippen molar-refractivity contribution < 1.29 is 34.4 Å². The zero-order chi connectivity index (χ0) is 33.0. The third kappa shape index (κ3) is 8.23. The molecule has 0 aliphatic heterocycles. The Morgan fingerprint density at radius 3 is 2.23 bits per heavy atom. The van der Waals surface area contributed by atoms with Crippen LogP contribution in [0, 0.1) is 23.3 Å². The van der Waals surface area contributed by atoms with Crippen LogP contribution in [-0.4, -0.2) is 15.9 Å². The number of aliphatic hydroxyl groups excluding tert-OH is 1. The van der Waals surface area contributed by atoms with Crippen LogP contribution in [0.3, 0.4) is 0 Å². The molecular formula is C41H46IrNO3S-. The molecule has 0 spiro atoms. The summed E-state index contributed by atoms with van der Waals surface area (Å²) < 4.78 is 7.70. The number of ketones is 1. The minimum Gasteiger partial charge on any atom is -0.512 e. The topological polar surface area (TPSA) is 63.3 Å². The summed E-state index contributed by atoms with van der Waals surface area (Å²) in [4.78, 5) is 16.7. The first-order chi connectivity index (χ1) is 22.1. The van der Waals surface area contributed by atoms with Gasteiger partial charge in [0, 0.05) is 42.7 Å². The minimum atomic E-state index is 0. The summed E-state index contributed by atoms with van der Waals surface area (Å²) in [6.45, 7) is 14.9. The largest absolute Gasteiger partial charge is 0.512 e. The molecule has 0 saturated carbocycles. The van der Waals surface area contributed by atoms with Crippen molar-refractivity contribution in [3.05, 3.63) is 90.2 Å². The maximum Gasteiger partial charge on any atom is 0.162 e. The van der Waals surface area contributed by atoms with Gasteiger partial charge in [-0.3, -0.25) is 9.78 Å². The molecule has 0 aliphatic carbocycles. The number of furan rings is 1. The molecule has 0 amide bonds. The molecule has 0 fully saturated rings. The SMILES string of the molecule is CC(C)(C)Cc1ccc2c(c1)oc1c3ccccc3[c-]c(-c3nc4ccccc4s3)c21.CCC(CC)C(=O)/C=C(\O)C(CC)CC.[Ir]. The van der Waals surface area contributed by atoms with E-state index in [1.807, 2.05) is 33.8 Å². The molecule has 4 nitrogen and oxygen atoms in total. The Hall–Kier alpha value is -3.31. The maximum absolute atomic E-state index is 11.7. The molecule has 6 rings (SSSR count). The molecular weight excluding hydrogens is 779 g/mol. The molecule has 1 radical (unpaired) electrons. The van der Waals surface area contributed by atoms with Crippen LogP contribution in [0.1, 0.15) is 79.7 Å². The van der Waals surface area contributed by atoms with Gasteiger partial charge in [0.05, 0.1) is 21.9 Å². The van der Waals surface area contributed by atoms with Crippen LogP contribution in [0.25, 0.3) is 53.5 Å². The Morgan fingerprint density at radius 1 is 0.915 bits per heavy atom. The van der Waals surface area contributed by atoms with Gasteiger partial charge in [0.2, 0.25) is 0 Å². The number of nitrogens with zero attached hydrogens (tertiary/aromatic N) is 1. The van der Waals surface area contributed by atoms with E-state index in [-0.39, 0.29) is 48.9 Å². The van der Waals surface area contributed by atoms with Gasteiger partial charge in [-0.25, -0.2) is 0 Å². The summed E-state index contributed by atoms with van der Waals surface area (Å²) in [5.41, 5.74) is 5.44. The van der Waals surface area contributed by atoms with E-state index in [0.29, 0.717) is 0 Å². The smallest absolute Gasteiger partial charge is 0.162 e. The number of allylic oxidation sites excluding steroid dienone is 2. The van der Waals surface area contributed by atoms with Crippen LogP contribution < -0.4 is 0 Å². The van der Waals surface area contributed by atoms with E-state index in [2.05, 4.69) is 87.5 Å². The quantitative estimate of drug-likeness (QED) is 0.0896. The average molecular weight is 825 g/mol. The van der Waals surface area contributed by atoms with Crippen molar-refractivity contribution in [2.75, 3.05) is 0 Å². The summed E-state index contributed by atoms with van der Waals surface area (Å²) in [5.74, 6) is 0.547. The minimum absolute atomic E-state index is 0. The number of benzene rings is 4. The first-order valence-corrected chi connectivity index (χ1v) is 17.5. The Labute approximate surface area is 296 Å². The van der Waals surface area contributed by atoms with Crippen LogP contribution in [-0.2, 0) is 31.3 Å². The van der Waals surface area contributed by atoms with E-state index in [1.165, 1.54) is 16.3 Å². The van der Waals surface area contributed by atoms with Gasteiger partial charge in [-0.05, 0) is 77.4 Å². The van der Waals surface area contributed by atoms with Crippen molar-refractivity contribution in [1.29, 1.82) is 0 Å². The second-order valence-electron chi connectivity index (χ2n) is 13.4. The number of aromatic nitrogens is 1. The Kier molecular flexibility index (Phi) is 12.2. The van der Waals surface area contributed by atoms with Gasteiger partial charge in [-0.15, -0.1) is 17.5 Å². The van der Waals surface area contributed by atoms with Gasteiger partial charge in [-0.1, -0.05) is 96.5 Å². The summed E-state index contributed by atoms with van der Waals surface area (Å²) >= 11 is 1.71. The third-order valence-corrected chi connectivity index (χ3v) is 9.81. The van der Waals surface area contributed by atoms with Crippen molar-refractivity contribution in [3.63, 3.8) is 0 Å². The van der Waals surface area contributed by atoms with Crippen LogP contribution >= 0.6 is 11.3 Å². The molecule has 47 heavy (non-hydrogen) atoms. The van der Waals surface area contributed by atoms with Crippen molar-refractivity contribution in [3.8, 4) is 10.6 Å². The van der Waals surface area contributed by atoms with E-state index >= 15 is 0 Å². The van der Waals surface area contributed by atoms with Crippen molar-refractivity contribution in [1.82, 2.24) is 4.98 Å². The number of rotatable bonds is 9. The molecule has 2 heterocycles. The predicted octanol–water partition coefficient (Wildman–Crippen LogP) is 12.3. The van der Waals surface area contributed by atoms with Gasteiger partial charge in [0.15, 0.2) is 5.78 Å². The van der Waals surface area contributed by atoms with Crippen molar-refractivity contribution >= 4 is 60.0 Å². The first-order valence-electron chi connectivity index (χ1n) is 16.7. The van der Waals surface area contributed by atoms with E-state index in [9.17, 15) is 9.90 Å². The molecule has 6 aromatic rings. The average Bonchev–Trinajstić information content (AvgIpc) is 3.63. The molecule has 6 heteroatoms. The monoisotopic (exact) mass is 825 g/mol. The molecule has 1 N–H and O–H groups in total. The molecule has 0 aliphatic rings. The number of carbonyl (C=O) groups excluding carboxylic acids is 1. The normalized spacial score (nSPS) is 12.2. The van der Waals surface area contributed by atoms with Crippen LogP contribution in [0.4, 0.5) is 0 Å². The summed E-state index contributed by atoms with van der Waals surface area (Å²) in [6.07, 6.45) is 5.92. The van der Waals surface area contributed by atoms with Gasteiger partial charge < -0.3 is 9.52 Å². The van der Waals surface area contributed by atoms with Gasteiger partial charge in [-0.2, -0.15) is 11.3 Å². The second-order valence-corrected chi connectivity index (χ2v) is 14.4. The molecule has 0 bridgehead atoms. The molecule has 2 aromatic heterocycles. The molecule has 0 atom stereocenters. The van der Waals surface area contributed by atoms with E-state index < -0.39 is 0 Å². The van der Waals surface area contributed by atoms with E-state index in [1.54, 1.807) is 11.3 Å². The van der Waals surface area contributed by atoms with E-state index in [0.717, 1.165) is 80.9 Å². The van der Waals surface area contributed by atoms with Gasteiger partial charge in [0.25, 0.3) is 0 Å². The Morgan fingerprint density at radius 2 is 1.57 bits per heavy atom. The number of para-hydroxylation sites is 1. The van der Waals surface area contributed by atoms with Crippen LogP contribution in [0.2, 0.25) is 0 Å². The zero-order valence-corrected chi connectivity index (χ0v) is 31.8. The number of fused-ring (bicyclic) bond motifs is 6. The fraction of sp³-hybridized carbons (Fsp3) is 0.366. The number of thiazole rings is 1. The summed E-state index contributed by atoms with van der Waals surface area (Å²) in [6, 6.07) is 26.9. The molecule has 0 unspecified atom stereocenters. The van der Waals surface area contributed by atoms with E-state index in [4.69, 9.17) is 9.40 Å². The fourth-order valence-electron chi connectivity index (χ4n) is 6.21. The van der Waals surface area contributed by atoms with Crippen molar-refractivity contribution in [2.45, 2.75) is 80.6 Å². The predicted molar refractivity (Wildman–Crippen MR) is 196 cm³/mol. The Bertz CT molecular complexity index is 1970. The fourth-order valence-corrected chi connectivity index (χ4v) is 7.18. The van der Waals surface area contributed by atoms with Gasteiger partial charge >= 0.3 is 0 Å². The summed E-state index contributed by atoms with van der Waals surface area (Å²) in [7, 11) is 0. The third-order valence-electron chi connectivity index (χ3n) is 8.76. The maximum atomic E-state index is 11.7. The van der Waals surface area contributed by atoms with Crippen LogP contribution in [0.15, 0.2) is 83.0 Å². The Balaban J connectivity index is 0.000000269. The number of hydrogen-bond acceptors (Lipinski definition) is 5. The van der Waals surface area contributed by atoms with Crippen molar-refractivity contribution in [2.24, 2.45) is 17.3 Å². The van der Waals surface area contributed by atoms with Crippen LogP contribution in [0.5, 0.6) is 0 Å².